The van der Waals surface area contributed by atoms with Gasteiger partial charge in [-0.25, -0.2) is 4.79 Å². The molecule has 1 aromatic heterocycles. The van der Waals surface area contributed by atoms with Crippen LogP contribution >= 0.6 is 0 Å². The fourth-order valence-electron chi connectivity index (χ4n) is 2.09. The molecule has 0 amide bonds. The molecule has 0 saturated heterocycles. The van der Waals surface area contributed by atoms with Gasteiger partial charge < -0.3 is 5.11 Å². The Balaban J connectivity index is 3.14. The molecule has 0 aliphatic carbocycles. The van der Waals surface area contributed by atoms with E-state index in [9.17, 15) is 9.59 Å². The van der Waals surface area contributed by atoms with E-state index >= 15 is 0 Å². The molecule has 1 heterocycles. The summed E-state index contributed by atoms with van der Waals surface area (Å²) in [6, 6.07) is 0. The fourth-order valence-corrected chi connectivity index (χ4v) is 2.09. The average Bonchev–Trinajstić information content (AvgIpc) is 2.33. The highest BCUT2D eigenvalue weighted by molar-refractivity contribution is 5.67. The van der Waals surface area contributed by atoms with Gasteiger partial charge in [0.15, 0.2) is 0 Å². The van der Waals surface area contributed by atoms with Crippen LogP contribution in [0.5, 0.6) is 0 Å². The highest BCUT2D eigenvalue weighted by Crippen LogP contribution is 2.14. The number of aliphatic carboxylic acids is 1. The van der Waals surface area contributed by atoms with E-state index in [2.05, 4.69) is 18.8 Å². The van der Waals surface area contributed by atoms with E-state index in [-0.39, 0.29) is 12.1 Å². The first kappa shape index (κ1) is 15.4. The van der Waals surface area contributed by atoms with Crippen molar-refractivity contribution in [2.24, 2.45) is 5.92 Å². The first-order valence-corrected chi connectivity index (χ1v) is 6.65. The van der Waals surface area contributed by atoms with Crippen molar-refractivity contribution >= 4 is 5.97 Å². The van der Waals surface area contributed by atoms with Crippen LogP contribution in [0.4, 0.5) is 0 Å². The zero-order valence-corrected chi connectivity index (χ0v) is 12.1. The van der Waals surface area contributed by atoms with Crippen LogP contribution in [0, 0.1) is 19.8 Å². The van der Waals surface area contributed by atoms with Crippen molar-refractivity contribution < 1.29 is 9.90 Å². The number of aryl methyl sites for hydroxylation is 1. The van der Waals surface area contributed by atoms with E-state index in [4.69, 9.17) is 5.11 Å². The Bertz CT molecular complexity index is 520. The van der Waals surface area contributed by atoms with E-state index in [1.807, 2.05) is 6.92 Å². The quantitative estimate of drug-likeness (QED) is 0.853. The summed E-state index contributed by atoms with van der Waals surface area (Å²) in [4.78, 5) is 26.6. The molecule has 5 heteroatoms. The number of carboxylic acids is 1. The zero-order valence-electron chi connectivity index (χ0n) is 12.1. The van der Waals surface area contributed by atoms with Crippen LogP contribution in [-0.2, 0) is 17.8 Å². The zero-order chi connectivity index (χ0) is 14.6. The lowest BCUT2D eigenvalue weighted by molar-refractivity contribution is -0.136. The van der Waals surface area contributed by atoms with Gasteiger partial charge in [-0.1, -0.05) is 20.3 Å². The SMILES string of the molecule is CCC(C)Cn1c(C)c(CCC(=O)O)c(C)nc1=O. The van der Waals surface area contributed by atoms with Crippen molar-refractivity contribution in [1.82, 2.24) is 9.55 Å². The van der Waals surface area contributed by atoms with Gasteiger partial charge in [-0.05, 0) is 31.7 Å². The summed E-state index contributed by atoms with van der Waals surface area (Å²) in [7, 11) is 0. The second-order valence-electron chi connectivity index (χ2n) is 5.06. The molecule has 1 atom stereocenters. The maximum absolute atomic E-state index is 11.9. The minimum Gasteiger partial charge on any atom is -0.481 e. The van der Waals surface area contributed by atoms with Crippen LogP contribution in [-0.4, -0.2) is 20.6 Å². The van der Waals surface area contributed by atoms with Gasteiger partial charge in [0.1, 0.15) is 0 Å². The van der Waals surface area contributed by atoms with Crippen LogP contribution in [0.2, 0.25) is 0 Å². The maximum atomic E-state index is 11.9. The molecule has 0 radical (unpaired) electrons. The monoisotopic (exact) mass is 266 g/mol. The van der Waals surface area contributed by atoms with Gasteiger partial charge in [-0.2, -0.15) is 4.98 Å². The Morgan fingerprint density at radius 2 is 2.05 bits per heavy atom. The van der Waals surface area contributed by atoms with Gasteiger partial charge in [-0.3, -0.25) is 9.36 Å². The number of aromatic nitrogens is 2. The van der Waals surface area contributed by atoms with E-state index in [0.29, 0.717) is 24.6 Å². The predicted molar refractivity (Wildman–Crippen MR) is 73.4 cm³/mol. The number of hydrogen-bond donors (Lipinski definition) is 1. The lowest BCUT2D eigenvalue weighted by Crippen LogP contribution is -2.30. The van der Waals surface area contributed by atoms with Crippen molar-refractivity contribution in [3.63, 3.8) is 0 Å². The molecule has 1 N–H and O–H groups in total. The van der Waals surface area contributed by atoms with Gasteiger partial charge in [0.2, 0.25) is 0 Å². The standard InChI is InChI=1S/C14H22N2O3/c1-5-9(2)8-16-11(4)12(6-7-13(17)18)10(3)15-14(16)19/h9H,5-8H2,1-4H3,(H,17,18). The summed E-state index contributed by atoms with van der Waals surface area (Å²) >= 11 is 0. The first-order chi connectivity index (χ1) is 8.86. The minimum atomic E-state index is -0.835. The molecule has 0 aromatic carbocycles. The van der Waals surface area contributed by atoms with E-state index < -0.39 is 5.97 Å². The molecule has 0 spiro atoms. The summed E-state index contributed by atoms with van der Waals surface area (Å²) in [5.74, 6) is -0.438. The van der Waals surface area contributed by atoms with Crippen molar-refractivity contribution in [3.8, 4) is 0 Å². The molecule has 1 unspecified atom stereocenters. The molecule has 0 aliphatic heterocycles. The van der Waals surface area contributed by atoms with Crippen LogP contribution in [0.15, 0.2) is 4.79 Å². The van der Waals surface area contributed by atoms with Crippen molar-refractivity contribution in [3.05, 3.63) is 27.4 Å². The Labute approximate surface area is 113 Å². The summed E-state index contributed by atoms with van der Waals surface area (Å²) in [6.07, 6.45) is 1.47. The van der Waals surface area contributed by atoms with Gasteiger partial charge in [-0.15, -0.1) is 0 Å². The van der Waals surface area contributed by atoms with E-state index in [0.717, 1.165) is 17.7 Å². The van der Waals surface area contributed by atoms with E-state index in [1.54, 1.807) is 11.5 Å². The fraction of sp³-hybridized carbons (Fsp3) is 0.643. The molecule has 5 nitrogen and oxygen atoms in total. The van der Waals surface area contributed by atoms with Crippen molar-refractivity contribution in [2.45, 2.75) is 53.5 Å². The third-order valence-corrected chi connectivity index (χ3v) is 3.55. The molecule has 0 aliphatic rings. The normalized spacial score (nSPS) is 12.4. The molecular weight excluding hydrogens is 244 g/mol. The second kappa shape index (κ2) is 6.50. The highest BCUT2D eigenvalue weighted by Gasteiger charge is 2.14. The summed E-state index contributed by atoms with van der Waals surface area (Å²) in [5.41, 5.74) is 2.13. The third-order valence-electron chi connectivity index (χ3n) is 3.55. The lowest BCUT2D eigenvalue weighted by Gasteiger charge is -2.17. The van der Waals surface area contributed by atoms with Gasteiger partial charge >= 0.3 is 11.7 Å². The summed E-state index contributed by atoms with van der Waals surface area (Å²) in [5, 5.41) is 8.78. The second-order valence-corrected chi connectivity index (χ2v) is 5.06. The summed E-state index contributed by atoms with van der Waals surface area (Å²) in [6.45, 7) is 8.43. The number of nitrogens with zero attached hydrogens (tertiary/aromatic N) is 2. The van der Waals surface area contributed by atoms with Gasteiger partial charge in [0, 0.05) is 24.4 Å². The topological polar surface area (TPSA) is 72.2 Å². The van der Waals surface area contributed by atoms with Crippen LogP contribution < -0.4 is 5.69 Å². The van der Waals surface area contributed by atoms with Crippen LogP contribution in [0.1, 0.15) is 43.6 Å². The van der Waals surface area contributed by atoms with Gasteiger partial charge in [0.05, 0.1) is 0 Å². The molecule has 106 valence electrons. The smallest absolute Gasteiger partial charge is 0.347 e. The minimum absolute atomic E-state index is 0.0604. The maximum Gasteiger partial charge on any atom is 0.347 e. The third kappa shape index (κ3) is 3.91. The number of carbonyl (C=O) groups is 1. The highest BCUT2D eigenvalue weighted by atomic mass is 16.4. The summed E-state index contributed by atoms with van der Waals surface area (Å²) < 4.78 is 1.67. The predicted octanol–water partition coefficient (Wildman–Crippen LogP) is 1.92. The largest absolute Gasteiger partial charge is 0.481 e. The van der Waals surface area contributed by atoms with Crippen molar-refractivity contribution in [2.75, 3.05) is 0 Å². The molecular formula is C14H22N2O3. The number of carboxylic acid groups (broad SMARTS) is 1. The Kier molecular flexibility index (Phi) is 5.27. The van der Waals surface area contributed by atoms with Crippen molar-refractivity contribution in [1.29, 1.82) is 0 Å². The number of hydrogen-bond acceptors (Lipinski definition) is 3. The molecule has 0 saturated carbocycles. The van der Waals surface area contributed by atoms with Crippen LogP contribution in [0.25, 0.3) is 0 Å². The molecule has 0 bridgehead atoms. The molecule has 1 rings (SSSR count). The Morgan fingerprint density at radius 1 is 1.42 bits per heavy atom. The Morgan fingerprint density at radius 3 is 2.58 bits per heavy atom. The Hall–Kier alpha value is -1.65. The first-order valence-electron chi connectivity index (χ1n) is 6.65. The average molecular weight is 266 g/mol. The lowest BCUT2D eigenvalue weighted by atomic mass is 10.1. The molecule has 0 fully saturated rings. The van der Waals surface area contributed by atoms with E-state index in [1.165, 1.54) is 0 Å². The number of rotatable bonds is 6. The molecule has 19 heavy (non-hydrogen) atoms. The van der Waals surface area contributed by atoms with Gasteiger partial charge in [0.25, 0.3) is 0 Å². The van der Waals surface area contributed by atoms with Crippen LogP contribution in [0.3, 0.4) is 0 Å². The molecule has 1 aromatic rings.